The lowest BCUT2D eigenvalue weighted by atomic mass is 10.0. The standard InChI is InChI=1S/C19H29N3O5S/c1-15-5-3-4-8-21(15)14-19(23)20-16-6-7-17(26-2)18(13-16)28(24,25)22-9-11-27-12-10-22/h6-7,13,15H,3-5,8-12,14H2,1-2H3,(H,20,23)/t15-/m0/s1. The Morgan fingerprint density at radius 2 is 2.00 bits per heavy atom. The van der Waals surface area contributed by atoms with Crippen molar-refractivity contribution in [3.63, 3.8) is 0 Å². The number of benzene rings is 1. The van der Waals surface area contributed by atoms with Crippen LogP contribution in [0.25, 0.3) is 0 Å². The molecule has 2 aliphatic heterocycles. The fourth-order valence-electron chi connectivity index (χ4n) is 3.66. The molecule has 1 aromatic carbocycles. The van der Waals surface area contributed by atoms with E-state index in [1.54, 1.807) is 12.1 Å². The van der Waals surface area contributed by atoms with Gasteiger partial charge in [0.25, 0.3) is 0 Å². The topological polar surface area (TPSA) is 88.2 Å². The first-order valence-corrected chi connectivity index (χ1v) is 11.2. The Morgan fingerprint density at radius 1 is 1.25 bits per heavy atom. The van der Waals surface area contributed by atoms with E-state index >= 15 is 0 Å². The summed E-state index contributed by atoms with van der Waals surface area (Å²) in [5.41, 5.74) is 0.447. The SMILES string of the molecule is COc1ccc(NC(=O)CN2CCCC[C@@H]2C)cc1S(=O)(=O)N1CCOCC1. The summed E-state index contributed by atoms with van der Waals surface area (Å²) < 4.78 is 38.0. The van der Waals surface area contributed by atoms with Crippen molar-refractivity contribution in [2.75, 3.05) is 51.8 Å². The number of carbonyl (C=O) groups excluding carboxylic acids is 1. The summed E-state index contributed by atoms with van der Waals surface area (Å²) in [6.07, 6.45) is 3.39. The van der Waals surface area contributed by atoms with Crippen molar-refractivity contribution in [3.05, 3.63) is 18.2 Å². The van der Waals surface area contributed by atoms with E-state index in [-0.39, 0.29) is 16.6 Å². The van der Waals surface area contributed by atoms with Crippen LogP contribution >= 0.6 is 0 Å². The average Bonchev–Trinajstić information content (AvgIpc) is 2.70. The third-order valence-corrected chi connectivity index (χ3v) is 7.24. The van der Waals surface area contributed by atoms with E-state index in [0.717, 1.165) is 19.4 Å². The molecule has 9 heteroatoms. The Hall–Kier alpha value is -1.68. The number of carbonyl (C=O) groups is 1. The van der Waals surface area contributed by atoms with E-state index in [9.17, 15) is 13.2 Å². The van der Waals surface area contributed by atoms with Gasteiger partial charge in [-0.25, -0.2) is 8.42 Å². The molecule has 156 valence electrons. The second kappa shape index (κ2) is 9.21. The van der Waals surface area contributed by atoms with Crippen molar-refractivity contribution >= 4 is 21.6 Å². The van der Waals surface area contributed by atoms with Gasteiger partial charge in [0.1, 0.15) is 10.6 Å². The van der Waals surface area contributed by atoms with E-state index in [1.807, 2.05) is 0 Å². The highest BCUT2D eigenvalue weighted by Crippen LogP contribution is 2.30. The van der Waals surface area contributed by atoms with Crippen LogP contribution in [-0.4, -0.2) is 76.1 Å². The lowest BCUT2D eigenvalue weighted by Crippen LogP contribution is -2.42. The van der Waals surface area contributed by atoms with Crippen molar-refractivity contribution < 1.29 is 22.7 Å². The second-order valence-electron chi connectivity index (χ2n) is 7.25. The van der Waals surface area contributed by atoms with Gasteiger partial charge in [-0.15, -0.1) is 0 Å². The Kier molecular flexibility index (Phi) is 6.92. The predicted octanol–water partition coefficient (Wildman–Crippen LogP) is 1.53. The molecule has 0 saturated carbocycles. The Bertz CT molecular complexity index is 793. The van der Waals surface area contributed by atoms with Gasteiger partial charge in [0, 0.05) is 24.8 Å². The maximum Gasteiger partial charge on any atom is 0.246 e. The van der Waals surface area contributed by atoms with Gasteiger partial charge in [0.2, 0.25) is 15.9 Å². The first-order valence-electron chi connectivity index (χ1n) is 9.71. The monoisotopic (exact) mass is 411 g/mol. The molecule has 0 spiro atoms. The zero-order valence-corrected chi connectivity index (χ0v) is 17.3. The van der Waals surface area contributed by atoms with Crippen molar-refractivity contribution in [2.24, 2.45) is 0 Å². The van der Waals surface area contributed by atoms with Crippen LogP contribution in [0.15, 0.2) is 23.1 Å². The van der Waals surface area contributed by atoms with Gasteiger partial charge in [-0.2, -0.15) is 4.31 Å². The number of nitrogens with one attached hydrogen (secondary N) is 1. The summed E-state index contributed by atoms with van der Waals surface area (Å²) in [4.78, 5) is 14.7. The van der Waals surface area contributed by atoms with Gasteiger partial charge in [-0.1, -0.05) is 6.42 Å². The summed E-state index contributed by atoms with van der Waals surface area (Å²) in [6, 6.07) is 5.09. The van der Waals surface area contributed by atoms with E-state index in [4.69, 9.17) is 9.47 Å². The van der Waals surface area contributed by atoms with E-state index < -0.39 is 10.0 Å². The molecule has 1 N–H and O–H groups in total. The highest BCUT2D eigenvalue weighted by molar-refractivity contribution is 7.89. The number of hydrogen-bond acceptors (Lipinski definition) is 6. The fourth-order valence-corrected chi connectivity index (χ4v) is 5.25. The van der Waals surface area contributed by atoms with Crippen molar-refractivity contribution in [1.29, 1.82) is 0 Å². The number of rotatable bonds is 6. The zero-order chi connectivity index (χ0) is 20.1. The first kappa shape index (κ1) is 21.0. The normalized spacial score (nSPS) is 22.0. The van der Waals surface area contributed by atoms with Gasteiger partial charge in [-0.05, 0) is 44.5 Å². The zero-order valence-electron chi connectivity index (χ0n) is 16.5. The third-order valence-electron chi connectivity index (χ3n) is 5.32. The molecule has 0 bridgehead atoms. The van der Waals surface area contributed by atoms with Crippen LogP contribution in [-0.2, 0) is 19.6 Å². The Labute approximate surface area is 166 Å². The summed E-state index contributed by atoms with van der Waals surface area (Å²) in [7, 11) is -2.30. The molecule has 28 heavy (non-hydrogen) atoms. The number of amides is 1. The highest BCUT2D eigenvalue weighted by atomic mass is 32.2. The molecule has 0 aromatic heterocycles. The molecule has 8 nitrogen and oxygen atoms in total. The largest absolute Gasteiger partial charge is 0.495 e. The molecule has 0 unspecified atom stereocenters. The second-order valence-corrected chi connectivity index (χ2v) is 9.15. The molecule has 1 atom stereocenters. The molecule has 2 aliphatic rings. The molecule has 3 rings (SSSR count). The maximum absolute atomic E-state index is 13.0. The van der Waals surface area contributed by atoms with Gasteiger partial charge >= 0.3 is 0 Å². The van der Waals surface area contributed by atoms with Crippen LogP contribution in [0.4, 0.5) is 5.69 Å². The van der Waals surface area contributed by atoms with Gasteiger partial charge in [0.15, 0.2) is 0 Å². The Balaban J connectivity index is 1.75. The number of methoxy groups -OCH3 is 1. The number of morpholine rings is 1. The maximum atomic E-state index is 13.0. The van der Waals surface area contributed by atoms with E-state index in [1.165, 1.54) is 23.9 Å². The molecule has 1 aromatic rings. The first-order chi connectivity index (χ1) is 13.4. The summed E-state index contributed by atoms with van der Waals surface area (Å²) in [5, 5.41) is 2.83. The quantitative estimate of drug-likeness (QED) is 0.764. The Morgan fingerprint density at radius 3 is 2.68 bits per heavy atom. The fraction of sp³-hybridized carbons (Fsp3) is 0.632. The van der Waals surface area contributed by atoms with Crippen LogP contribution in [0.3, 0.4) is 0 Å². The summed E-state index contributed by atoms with van der Waals surface area (Å²) in [5.74, 6) is 0.114. The van der Waals surface area contributed by atoms with Crippen molar-refractivity contribution in [3.8, 4) is 5.75 Å². The minimum absolute atomic E-state index is 0.0565. The number of nitrogens with zero attached hydrogens (tertiary/aromatic N) is 2. The van der Waals surface area contributed by atoms with Crippen LogP contribution in [0, 0.1) is 0 Å². The number of ether oxygens (including phenoxy) is 2. The summed E-state index contributed by atoms with van der Waals surface area (Å²) >= 11 is 0. The highest BCUT2D eigenvalue weighted by Gasteiger charge is 2.30. The number of sulfonamides is 1. The molecule has 2 saturated heterocycles. The summed E-state index contributed by atoms with van der Waals surface area (Å²) in [6.45, 7) is 4.68. The van der Waals surface area contributed by atoms with Crippen LogP contribution < -0.4 is 10.1 Å². The number of hydrogen-bond donors (Lipinski definition) is 1. The third kappa shape index (κ3) is 4.83. The van der Waals surface area contributed by atoms with Crippen molar-refractivity contribution in [2.45, 2.75) is 37.1 Å². The van der Waals surface area contributed by atoms with Crippen molar-refractivity contribution in [1.82, 2.24) is 9.21 Å². The molecule has 0 radical (unpaired) electrons. The minimum Gasteiger partial charge on any atom is -0.495 e. The number of likely N-dealkylation sites (tertiary alicyclic amines) is 1. The van der Waals surface area contributed by atoms with E-state index in [0.29, 0.717) is 44.6 Å². The van der Waals surface area contributed by atoms with Crippen LogP contribution in [0.1, 0.15) is 26.2 Å². The predicted molar refractivity (Wildman–Crippen MR) is 106 cm³/mol. The van der Waals surface area contributed by atoms with Gasteiger partial charge in [0.05, 0.1) is 26.9 Å². The molecule has 2 fully saturated rings. The van der Waals surface area contributed by atoms with Gasteiger partial charge < -0.3 is 14.8 Å². The molecule has 2 heterocycles. The molecule has 1 amide bonds. The molecule has 0 aliphatic carbocycles. The van der Waals surface area contributed by atoms with Crippen LogP contribution in [0.2, 0.25) is 0 Å². The average molecular weight is 412 g/mol. The number of anilines is 1. The molecular weight excluding hydrogens is 382 g/mol. The van der Waals surface area contributed by atoms with Crippen LogP contribution in [0.5, 0.6) is 5.75 Å². The lowest BCUT2D eigenvalue weighted by Gasteiger charge is -2.32. The minimum atomic E-state index is -3.73. The van der Waals surface area contributed by atoms with E-state index in [2.05, 4.69) is 17.1 Å². The van der Waals surface area contributed by atoms with Gasteiger partial charge in [-0.3, -0.25) is 9.69 Å². The molecular formula is C19H29N3O5S. The smallest absolute Gasteiger partial charge is 0.246 e. The number of piperidine rings is 1. The lowest BCUT2D eigenvalue weighted by molar-refractivity contribution is -0.118.